The molecule has 1 aliphatic rings. The number of ketones is 2. The van der Waals surface area contributed by atoms with Crippen molar-refractivity contribution in [2.75, 3.05) is 25.7 Å². The van der Waals surface area contributed by atoms with E-state index in [1.54, 1.807) is 49.4 Å². The zero-order chi connectivity index (χ0) is 26.9. The van der Waals surface area contributed by atoms with Crippen molar-refractivity contribution in [2.45, 2.75) is 26.8 Å². The third-order valence-electron chi connectivity index (χ3n) is 5.92. The Bertz CT molecular complexity index is 1410. The summed E-state index contributed by atoms with van der Waals surface area (Å²) < 4.78 is 16.3. The smallest absolute Gasteiger partial charge is 0.301 e. The fourth-order valence-electron chi connectivity index (χ4n) is 4.19. The molecule has 37 heavy (non-hydrogen) atoms. The summed E-state index contributed by atoms with van der Waals surface area (Å²) in [5, 5.41) is 11.5. The van der Waals surface area contributed by atoms with Crippen LogP contribution < -0.4 is 19.1 Å². The van der Waals surface area contributed by atoms with Crippen LogP contribution in [0.1, 0.15) is 46.4 Å². The van der Waals surface area contributed by atoms with Gasteiger partial charge in [-0.05, 0) is 55.8 Å². The van der Waals surface area contributed by atoms with E-state index in [4.69, 9.17) is 14.2 Å². The summed E-state index contributed by atoms with van der Waals surface area (Å²) in [6.07, 6.45) is 0. The second kappa shape index (κ2) is 10.4. The lowest BCUT2D eigenvalue weighted by Gasteiger charge is -2.24. The topological polar surface area (TPSA) is 115 Å². The van der Waals surface area contributed by atoms with Crippen LogP contribution in [0, 0.1) is 6.92 Å². The molecule has 2 heterocycles. The minimum Gasteiger partial charge on any atom is -0.507 e. The average molecular weight is 523 g/mol. The van der Waals surface area contributed by atoms with Crippen molar-refractivity contribution in [2.24, 2.45) is 0 Å². The Morgan fingerprint density at radius 2 is 1.78 bits per heavy atom. The second-order valence-corrected chi connectivity index (χ2v) is 9.19. The van der Waals surface area contributed by atoms with Gasteiger partial charge < -0.3 is 19.3 Å². The van der Waals surface area contributed by atoms with Crippen molar-refractivity contribution < 1.29 is 33.7 Å². The van der Waals surface area contributed by atoms with E-state index in [1.165, 1.54) is 26.0 Å². The van der Waals surface area contributed by atoms with Gasteiger partial charge in [-0.1, -0.05) is 17.4 Å². The first kappa shape index (κ1) is 25.9. The Hall–Kier alpha value is -4.18. The van der Waals surface area contributed by atoms with E-state index in [9.17, 15) is 19.5 Å². The maximum atomic E-state index is 13.4. The van der Waals surface area contributed by atoms with E-state index >= 15 is 0 Å². The normalized spacial score (nSPS) is 16.7. The molecule has 9 nitrogen and oxygen atoms in total. The summed E-state index contributed by atoms with van der Waals surface area (Å²) >= 11 is 1.02. The molecule has 1 fully saturated rings. The summed E-state index contributed by atoms with van der Waals surface area (Å²) in [5.74, 6) is -0.823. The molecule has 192 valence electrons. The molecule has 0 aliphatic carbocycles. The van der Waals surface area contributed by atoms with Crippen LogP contribution in [0.5, 0.6) is 17.2 Å². The lowest BCUT2D eigenvalue weighted by Crippen LogP contribution is -2.29. The number of carbonyl (C=O) groups excluding carboxylic acids is 3. The van der Waals surface area contributed by atoms with Crippen LogP contribution in [-0.2, 0) is 9.59 Å². The SMILES string of the molecule is CCOc1ccc([C@H]2C(=C(O)c3ccc(OC)cc3)C(=O)C(=O)N2c2nc(C)c(C(C)=O)s2)cc1OC. The number of aliphatic hydroxyl groups is 1. The van der Waals surface area contributed by atoms with E-state index in [0.29, 0.717) is 45.6 Å². The van der Waals surface area contributed by atoms with Gasteiger partial charge in [-0.2, -0.15) is 0 Å². The molecule has 3 aromatic rings. The molecule has 0 unspecified atom stereocenters. The number of carbonyl (C=O) groups is 3. The minimum absolute atomic E-state index is 0.112. The van der Waals surface area contributed by atoms with E-state index in [-0.39, 0.29) is 22.2 Å². The second-order valence-electron chi connectivity index (χ2n) is 8.21. The quantitative estimate of drug-likeness (QED) is 0.196. The largest absolute Gasteiger partial charge is 0.507 e. The molecule has 4 rings (SSSR count). The highest BCUT2D eigenvalue weighted by Crippen LogP contribution is 2.45. The maximum absolute atomic E-state index is 13.4. The number of benzene rings is 2. The summed E-state index contributed by atoms with van der Waals surface area (Å²) in [5.41, 5.74) is 1.17. The van der Waals surface area contributed by atoms with Crippen molar-refractivity contribution in [1.29, 1.82) is 0 Å². The van der Waals surface area contributed by atoms with Crippen molar-refractivity contribution in [1.82, 2.24) is 4.98 Å². The molecule has 10 heteroatoms. The van der Waals surface area contributed by atoms with Crippen LogP contribution in [0.2, 0.25) is 0 Å². The maximum Gasteiger partial charge on any atom is 0.301 e. The highest BCUT2D eigenvalue weighted by Gasteiger charge is 2.48. The summed E-state index contributed by atoms with van der Waals surface area (Å²) in [6.45, 7) is 5.34. The number of aryl methyl sites for hydroxylation is 1. The lowest BCUT2D eigenvalue weighted by atomic mass is 9.95. The Morgan fingerprint density at radius 1 is 1.08 bits per heavy atom. The first-order chi connectivity index (χ1) is 17.7. The molecule has 0 saturated carbocycles. The Morgan fingerprint density at radius 3 is 2.35 bits per heavy atom. The van der Waals surface area contributed by atoms with Gasteiger partial charge in [0.25, 0.3) is 5.78 Å². The number of thiazole rings is 1. The summed E-state index contributed by atoms with van der Waals surface area (Å²) in [7, 11) is 3.00. The van der Waals surface area contributed by atoms with E-state index in [0.717, 1.165) is 11.3 Å². The molecule has 1 saturated heterocycles. The zero-order valence-electron chi connectivity index (χ0n) is 21.0. The molecule has 1 aliphatic heterocycles. The van der Waals surface area contributed by atoms with Crippen molar-refractivity contribution >= 4 is 39.7 Å². The summed E-state index contributed by atoms with van der Waals surface area (Å²) in [4.78, 5) is 44.9. The molecule has 0 radical (unpaired) electrons. The number of aromatic nitrogens is 1. The van der Waals surface area contributed by atoms with Crippen molar-refractivity contribution in [3.05, 3.63) is 69.7 Å². The van der Waals surface area contributed by atoms with Gasteiger partial charge in [0, 0.05) is 12.5 Å². The van der Waals surface area contributed by atoms with Gasteiger partial charge in [0.05, 0.1) is 43.0 Å². The third kappa shape index (κ3) is 4.67. The van der Waals surface area contributed by atoms with Crippen molar-refractivity contribution in [3.8, 4) is 17.2 Å². The van der Waals surface area contributed by atoms with Gasteiger partial charge in [-0.25, -0.2) is 4.98 Å². The Labute approximate surface area is 217 Å². The fourth-order valence-corrected chi connectivity index (χ4v) is 5.18. The zero-order valence-corrected chi connectivity index (χ0v) is 21.8. The average Bonchev–Trinajstić information content (AvgIpc) is 3.41. The van der Waals surface area contributed by atoms with Crippen LogP contribution in [0.15, 0.2) is 48.0 Å². The van der Waals surface area contributed by atoms with E-state index in [1.807, 2.05) is 6.92 Å². The van der Waals surface area contributed by atoms with Crippen molar-refractivity contribution in [3.63, 3.8) is 0 Å². The summed E-state index contributed by atoms with van der Waals surface area (Å²) in [6, 6.07) is 10.5. The van der Waals surface area contributed by atoms with E-state index < -0.39 is 17.7 Å². The van der Waals surface area contributed by atoms with Gasteiger partial charge in [0.1, 0.15) is 11.5 Å². The minimum atomic E-state index is -1.03. The molecule has 0 bridgehead atoms. The number of aliphatic hydroxyl groups excluding tert-OH is 1. The van der Waals surface area contributed by atoms with Gasteiger partial charge in [-0.3, -0.25) is 19.3 Å². The predicted molar refractivity (Wildman–Crippen MR) is 139 cm³/mol. The number of nitrogens with zero attached hydrogens (tertiary/aromatic N) is 2. The van der Waals surface area contributed by atoms with Crippen LogP contribution in [0.25, 0.3) is 5.76 Å². The number of hydrogen-bond donors (Lipinski definition) is 1. The molecular weight excluding hydrogens is 496 g/mol. The number of amides is 1. The van der Waals surface area contributed by atoms with Crippen LogP contribution in [0.3, 0.4) is 0 Å². The van der Waals surface area contributed by atoms with Crippen LogP contribution in [-0.4, -0.2) is 48.4 Å². The molecule has 2 aromatic carbocycles. The monoisotopic (exact) mass is 522 g/mol. The van der Waals surface area contributed by atoms with Gasteiger partial charge in [-0.15, -0.1) is 0 Å². The molecule has 1 atom stereocenters. The van der Waals surface area contributed by atoms with Crippen LogP contribution in [0.4, 0.5) is 5.13 Å². The fraction of sp³-hybridized carbons (Fsp3) is 0.259. The number of hydrogen-bond acceptors (Lipinski definition) is 9. The Kier molecular flexibility index (Phi) is 7.30. The standard InChI is InChI=1S/C27H26N2O7S/c1-6-36-19-12-9-17(13-20(19)35-5)22-21(23(31)16-7-10-18(34-4)11-8-16)24(32)26(33)29(22)27-28-14(2)25(37-27)15(3)30/h7-13,22,31H,6H2,1-5H3/t22-/m0/s1. The first-order valence-electron chi connectivity index (χ1n) is 11.5. The highest BCUT2D eigenvalue weighted by atomic mass is 32.1. The van der Waals surface area contributed by atoms with Gasteiger partial charge in [0.15, 0.2) is 22.4 Å². The number of rotatable bonds is 8. The molecule has 1 N–H and O–H groups in total. The lowest BCUT2D eigenvalue weighted by molar-refractivity contribution is -0.132. The number of anilines is 1. The highest BCUT2D eigenvalue weighted by molar-refractivity contribution is 7.18. The third-order valence-corrected chi connectivity index (χ3v) is 7.18. The van der Waals surface area contributed by atoms with Gasteiger partial charge in [0.2, 0.25) is 0 Å². The van der Waals surface area contributed by atoms with E-state index in [2.05, 4.69) is 4.98 Å². The number of methoxy groups -OCH3 is 2. The van der Waals surface area contributed by atoms with Gasteiger partial charge >= 0.3 is 5.91 Å². The Balaban J connectivity index is 1.95. The van der Waals surface area contributed by atoms with Crippen LogP contribution >= 0.6 is 11.3 Å². The molecule has 1 aromatic heterocycles. The molecule has 1 amide bonds. The first-order valence-corrected chi connectivity index (χ1v) is 12.3. The predicted octanol–water partition coefficient (Wildman–Crippen LogP) is 4.70. The molecule has 0 spiro atoms. The molecular formula is C27H26N2O7S. The number of ether oxygens (including phenoxy) is 3. The number of Topliss-reactive ketones (excluding diaryl/α,β-unsaturated/α-hetero) is 2.